The van der Waals surface area contributed by atoms with Crippen molar-refractivity contribution in [2.45, 2.75) is 24.8 Å². The maximum absolute atomic E-state index is 12.5. The van der Waals surface area contributed by atoms with Crippen molar-refractivity contribution in [2.24, 2.45) is 5.14 Å². The Labute approximate surface area is 141 Å². The number of benzene rings is 2. The average molecular weight is 348 g/mol. The van der Waals surface area contributed by atoms with Crippen LogP contribution in [0.5, 0.6) is 5.75 Å². The second-order valence-corrected chi connectivity index (χ2v) is 7.02. The van der Waals surface area contributed by atoms with Crippen molar-refractivity contribution in [3.63, 3.8) is 0 Å². The molecular formula is C17H20N2O4S. The van der Waals surface area contributed by atoms with Crippen LogP contribution in [0, 0.1) is 6.92 Å². The molecule has 6 nitrogen and oxygen atoms in total. The number of aryl methyl sites for hydroxylation is 1. The van der Waals surface area contributed by atoms with E-state index in [0.717, 1.165) is 5.56 Å². The first-order valence-corrected chi connectivity index (χ1v) is 8.86. The molecule has 24 heavy (non-hydrogen) atoms. The maximum Gasteiger partial charge on any atom is 0.252 e. The first kappa shape index (κ1) is 18.0. The van der Waals surface area contributed by atoms with E-state index in [1.165, 1.54) is 12.1 Å². The zero-order valence-corrected chi connectivity index (χ0v) is 14.6. The topological polar surface area (TPSA) is 98.5 Å². The molecule has 0 saturated heterocycles. The molecule has 0 bridgehead atoms. The van der Waals surface area contributed by atoms with E-state index in [4.69, 9.17) is 9.88 Å². The summed E-state index contributed by atoms with van der Waals surface area (Å²) in [7, 11) is -2.30. The summed E-state index contributed by atoms with van der Waals surface area (Å²) >= 11 is 0. The number of carbonyl (C=O) groups is 1. The Hall–Kier alpha value is -2.38. The molecule has 1 amide bonds. The van der Waals surface area contributed by atoms with Gasteiger partial charge in [0.2, 0.25) is 10.0 Å². The first-order valence-electron chi connectivity index (χ1n) is 7.31. The Morgan fingerprint density at radius 1 is 1.21 bits per heavy atom. The zero-order chi connectivity index (χ0) is 17.9. The number of sulfonamides is 1. The number of nitrogens with two attached hydrogens (primary N) is 1. The molecule has 0 aliphatic carbocycles. The van der Waals surface area contributed by atoms with Crippen molar-refractivity contribution in [1.29, 1.82) is 0 Å². The third-order valence-corrected chi connectivity index (χ3v) is 4.65. The zero-order valence-electron chi connectivity index (χ0n) is 13.7. The minimum absolute atomic E-state index is 0.0943. The summed E-state index contributed by atoms with van der Waals surface area (Å²) in [5, 5.41) is 7.98. The number of hydrogen-bond donors (Lipinski definition) is 2. The van der Waals surface area contributed by atoms with Crippen molar-refractivity contribution in [3.8, 4) is 5.75 Å². The number of primary sulfonamides is 1. The number of carbonyl (C=O) groups excluding carboxylic acids is 1. The Morgan fingerprint density at radius 3 is 2.50 bits per heavy atom. The molecule has 0 aromatic heterocycles. The predicted molar refractivity (Wildman–Crippen MR) is 91.4 cm³/mol. The van der Waals surface area contributed by atoms with Gasteiger partial charge < -0.3 is 10.1 Å². The van der Waals surface area contributed by atoms with E-state index in [0.29, 0.717) is 11.3 Å². The number of nitrogens with one attached hydrogen (secondary N) is 1. The monoisotopic (exact) mass is 348 g/mol. The molecule has 0 aliphatic heterocycles. The molecule has 7 heteroatoms. The van der Waals surface area contributed by atoms with Gasteiger partial charge in [0.25, 0.3) is 5.91 Å². The van der Waals surface area contributed by atoms with Crippen LogP contribution in [0.3, 0.4) is 0 Å². The highest BCUT2D eigenvalue weighted by atomic mass is 32.2. The van der Waals surface area contributed by atoms with E-state index >= 15 is 0 Å². The van der Waals surface area contributed by atoms with Crippen LogP contribution < -0.4 is 15.2 Å². The van der Waals surface area contributed by atoms with Gasteiger partial charge in [0, 0.05) is 11.1 Å². The molecule has 0 fully saturated rings. The molecule has 2 aromatic rings. The van der Waals surface area contributed by atoms with Gasteiger partial charge in [0.05, 0.1) is 18.0 Å². The van der Waals surface area contributed by atoms with E-state index in [-0.39, 0.29) is 22.4 Å². The van der Waals surface area contributed by atoms with Crippen LogP contribution in [0.2, 0.25) is 0 Å². The minimum atomic E-state index is -3.87. The van der Waals surface area contributed by atoms with Crippen LogP contribution >= 0.6 is 0 Å². The molecule has 0 radical (unpaired) electrons. The summed E-state index contributed by atoms with van der Waals surface area (Å²) in [6.45, 7) is 3.56. The maximum atomic E-state index is 12.5. The molecule has 0 saturated carbocycles. The highest BCUT2D eigenvalue weighted by molar-refractivity contribution is 7.89. The Balaban J connectivity index is 2.30. The van der Waals surface area contributed by atoms with Crippen LogP contribution in [-0.2, 0) is 10.0 Å². The van der Waals surface area contributed by atoms with Crippen LogP contribution in [0.25, 0.3) is 0 Å². The predicted octanol–water partition coefficient (Wildman–Crippen LogP) is 2.14. The van der Waals surface area contributed by atoms with Crippen LogP contribution in [0.15, 0.2) is 47.4 Å². The third-order valence-electron chi connectivity index (χ3n) is 3.74. The Kier molecular flexibility index (Phi) is 5.26. The molecule has 0 heterocycles. The molecule has 0 aliphatic rings. The molecule has 2 rings (SSSR count). The SMILES string of the molecule is COc1ccccc1[C@H](C)NC(=O)c1cc(S(N)(=O)=O)ccc1C. The van der Waals surface area contributed by atoms with Gasteiger partial charge in [0.15, 0.2) is 0 Å². The Morgan fingerprint density at radius 2 is 1.88 bits per heavy atom. The van der Waals surface area contributed by atoms with Crippen molar-refractivity contribution < 1.29 is 17.9 Å². The first-order chi connectivity index (χ1) is 11.2. The van der Waals surface area contributed by atoms with Gasteiger partial charge in [-0.2, -0.15) is 0 Å². The lowest BCUT2D eigenvalue weighted by molar-refractivity contribution is 0.0938. The van der Waals surface area contributed by atoms with Crippen molar-refractivity contribution in [1.82, 2.24) is 5.32 Å². The van der Waals surface area contributed by atoms with Gasteiger partial charge in [-0.15, -0.1) is 0 Å². The second kappa shape index (κ2) is 7.02. The van der Waals surface area contributed by atoms with Crippen molar-refractivity contribution in [2.75, 3.05) is 7.11 Å². The minimum Gasteiger partial charge on any atom is -0.496 e. The molecule has 2 aromatic carbocycles. The number of rotatable bonds is 5. The fraction of sp³-hybridized carbons (Fsp3) is 0.235. The normalized spacial score (nSPS) is 12.5. The lowest BCUT2D eigenvalue weighted by Gasteiger charge is -2.18. The van der Waals surface area contributed by atoms with Crippen LogP contribution in [-0.4, -0.2) is 21.4 Å². The van der Waals surface area contributed by atoms with Gasteiger partial charge in [-0.3, -0.25) is 4.79 Å². The van der Waals surface area contributed by atoms with E-state index < -0.39 is 10.0 Å². The number of amides is 1. The van der Waals surface area contributed by atoms with E-state index in [2.05, 4.69) is 5.32 Å². The summed E-state index contributed by atoms with van der Waals surface area (Å²) in [5.74, 6) is 0.289. The van der Waals surface area contributed by atoms with Crippen LogP contribution in [0.4, 0.5) is 0 Å². The largest absolute Gasteiger partial charge is 0.496 e. The standard InChI is InChI=1S/C17H20N2O4S/c1-11-8-9-13(24(18,21)22)10-15(11)17(20)19-12(2)14-6-4-5-7-16(14)23-3/h4-10,12H,1-3H3,(H,19,20)(H2,18,21,22)/t12-/m0/s1. The second-order valence-electron chi connectivity index (χ2n) is 5.46. The molecule has 128 valence electrons. The van der Waals surface area contributed by atoms with E-state index in [9.17, 15) is 13.2 Å². The summed E-state index contributed by atoms with van der Waals surface area (Å²) in [6, 6.07) is 11.3. The fourth-order valence-electron chi connectivity index (χ4n) is 2.40. The molecule has 1 atom stereocenters. The molecule has 3 N–H and O–H groups in total. The van der Waals surface area contributed by atoms with Crippen molar-refractivity contribution >= 4 is 15.9 Å². The number of para-hydroxylation sites is 1. The smallest absolute Gasteiger partial charge is 0.252 e. The van der Waals surface area contributed by atoms with E-state index in [1.807, 2.05) is 31.2 Å². The lowest BCUT2D eigenvalue weighted by atomic mass is 10.0. The van der Waals surface area contributed by atoms with Gasteiger partial charge in [-0.25, -0.2) is 13.6 Å². The average Bonchev–Trinajstić information content (AvgIpc) is 2.53. The Bertz CT molecular complexity index is 863. The summed E-state index contributed by atoms with van der Waals surface area (Å²) in [4.78, 5) is 12.4. The molecule has 0 unspecified atom stereocenters. The number of hydrogen-bond acceptors (Lipinski definition) is 4. The van der Waals surface area contributed by atoms with Gasteiger partial charge in [-0.1, -0.05) is 24.3 Å². The van der Waals surface area contributed by atoms with Gasteiger partial charge in [-0.05, 0) is 37.6 Å². The number of ether oxygens (including phenoxy) is 1. The molecule has 0 spiro atoms. The highest BCUT2D eigenvalue weighted by Crippen LogP contribution is 2.25. The van der Waals surface area contributed by atoms with E-state index in [1.54, 1.807) is 20.1 Å². The third kappa shape index (κ3) is 3.93. The summed E-state index contributed by atoms with van der Waals surface area (Å²) in [5.41, 5.74) is 1.75. The van der Waals surface area contributed by atoms with Gasteiger partial charge >= 0.3 is 0 Å². The lowest BCUT2D eigenvalue weighted by Crippen LogP contribution is -2.28. The summed E-state index contributed by atoms with van der Waals surface area (Å²) < 4.78 is 28.2. The quantitative estimate of drug-likeness (QED) is 0.865. The van der Waals surface area contributed by atoms with Crippen molar-refractivity contribution in [3.05, 3.63) is 59.2 Å². The van der Waals surface area contributed by atoms with Crippen LogP contribution in [0.1, 0.15) is 34.5 Å². The highest BCUT2D eigenvalue weighted by Gasteiger charge is 2.18. The van der Waals surface area contributed by atoms with Gasteiger partial charge in [0.1, 0.15) is 5.75 Å². The fourth-order valence-corrected chi connectivity index (χ4v) is 2.94. The molecular weight excluding hydrogens is 328 g/mol. The number of methoxy groups -OCH3 is 1. The summed E-state index contributed by atoms with van der Waals surface area (Å²) in [6.07, 6.45) is 0.